The van der Waals surface area contributed by atoms with Crippen molar-refractivity contribution >= 4 is 50.1 Å². The number of hydrogen-bond donors (Lipinski definition) is 0. The van der Waals surface area contributed by atoms with Gasteiger partial charge in [-0.25, -0.2) is 4.98 Å². The largest absolute Gasteiger partial charge is 0.453 e. The summed E-state index contributed by atoms with van der Waals surface area (Å²) in [4.78, 5) is 31.9. The second-order valence-electron chi connectivity index (χ2n) is 6.24. The number of furan rings is 1. The average Bonchev–Trinajstić information content (AvgIpc) is 3.32. The van der Waals surface area contributed by atoms with Crippen LogP contribution in [0.15, 0.2) is 63.4 Å². The molecule has 3 aromatic heterocycles. The number of aromatic nitrogens is 2. The number of Topliss-reactive ketones (excluding diaryl/α,β-unsaturated/α-hetero) is 1. The number of carbonyl (C=O) groups is 1. The number of thioether (sulfide) groups is 1. The van der Waals surface area contributed by atoms with Gasteiger partial charge < -0.3 is 4.42 Å². The van der Waals surface area contributed by atoms with Gasteiger partial charge in [0.2, 0.25) is 5.78 Å². The van der Waals surface area contributed by atoms with Crippen molar-refractivity contribution in [3.8, 4) is 0 Å². The Hall–Kier alpha value is -2.64. The average molecular weight is 411 g/mol. The number of carbonyl (C=O) groups excluding carboxylic acids is 1. The highest BCUT2D eigenvalue weighted by molar-refractivity contribution is 7.99. The van der Waals surface area contributed by atoms with Crippen molar-refractivity contribution in [1.82, 2.24) is 9.55 Å². The molecule has 4 aromatic rings. The summed E-state index contributed by atoms with van der Waals surface area (Å²) >= 11 is 2.77. The summed E-state index contributed by atoms with van der Waals surface area (Å²) in [6.45, 7) is 6.13. The van der Waals surface area contributed by atoms with E-state index in [0.717, 1.165) is 16.7 Å². The first kappa shape index (κ1) is 18.7. The van der Waals surface area contributed by atoms with E-state index in [9.17, 15) is 9.59 Å². The zero-order valence-corrected chi connectivity index (χ0v) is 16.9. The van der Waals surface area contributed by atoms with Gasteiger partial charge in [0.1, 0.15) is 10.4 Å². The van der Waals surface area contributed by atoms with Gasteiger partial charge in [0, 0.05) is 16.8 Å². The highest BCUT2D eigenvalue weighted by atomic mass is 32.2. The molecule has 0 aliphatic carbocycles. The zero-order valence-electron chi connectivity index (χ0n) is 15.3. The number of allylic oxidation sites excluding steroid dienone is 1. The molecular weight excluding hydrogens is 392 g/mol. The van der Waals surface area contributed by atoms with Crippen LogP contribution in [-0.2, 0) is 13.0 Å². The maximum Gasteiger partial charge on any atom is 0.263 e. The van der Waals surface area contributed by atoms with E-state index in [4.69, 9.17) is 4.42 Å². The molecule has 3 heterocycles. The Morgan fingerprint density at radius 1 is 1.36 bits per heavy atom. The van der Waals surface area contributed by atoms with E-state index in [-0.39, 0.29) is 17.1 Å². The number of thiophene rings is 1. The first-order chi connectivity index (χ1) is 13.6. The lowest BCUT2D eigenvalue weighted by Gasteiger charge is -2.09. The molecule has 0 saturated carbocycles. The number of fused-ring (bicyclic) bond motifs is 2. The van der Waals surface area contributed by atoms with E-state index in [1.807, 2.05) is 30.3 Å². The van der Waals surface area contributed by atoms with Crippen LogP contribution in [0.5, 0.6) is 0 Å². The maximum atomic E-state index is 12.9. The van der Waals surface area contributed by atoms with Crippen molar-refractivity contribution in [2.24, 2.45) is 0 Å². The van der Waals surface area contributed by atoms with E-state index in [0.29, 0.717) is 33.3 Å². The Labute approximate surface area is 169 Å². The molecule has 7 heteroatoms. The van der Waals surface area contributed by atoms with Crippen molar-refractivity contribution in [3.63, 3.8) is 0 Å². The fourth-order valence-electron chi connectivity index (χ4n) is 2.94. The van der Waals surface area contributed by atoms with Gasteiger partial charge in [-0.2, -0.15) is 0 Å². The highest BCUT2D eigenvalue weighted by Gasteiger charge is 2.17. The molecule has 0 unspecified atom stereocenters. The minimum Gasteiger partial charge on any atom is -0.453 e. The molecule has 0 saturated heterocycles. The summed E-state index contributed by atoms with van der Waals surface area (Å²) < 4.78 is 7.21. The zero-order chi connectivity index (χ0) is 19.7. The number of rotatable bonds is 7. The molecule has 142 valence electrons. The third-order valence-electron chi connectivity index (χ3n) is 4.36. The predicted octanol–water partition coefficient (Wildman–Crippen LogP) is 4.93. The number of ketones is 1. The lowest BCUT2D eigenvalue weighted by Crippen LogP contribution is -2.22. The molecule has 0 aliphatic rings. The Balaban J connectivity index is 1.64. The maximum absolute atomic E-state index is 12.9. The van der Waals surface area contributed by atoms with Crippen molar-refractivity contribution < 1.29 is 9.21 Å². The van der Waals surface area contributed by atoms with Crippen molar-refractivity contribution in [2.75, 3.05) is 5.75 Å². The molecule has 0 bridgehead atoms. The molecule has 5 nitrogen and oxygen atoms in total. The summed E-state index contributed by atoms with van der Waals surface area (Å²) in [5.41, 5.74) is 0.587. The van der Waals surface area contributed by atoms with Gasteiger partial charge in [-0.05, 0) is 24.6 Å². The first-order valence-electron chi connectivity index (χ1n) is 8.89. The second-order valence-corrected chi connectivity index (χ2v) is 8.30. The van der Waals surface area contributed by atoms with E-state index in [1.165, 1.54) is 23.1 Å². The van der Waals surface area contributed by atoms with Crippen molar-refractivity contribution in [1.29, 1.82) is 0 Å². The van der Waals surface area contributed by atoms with Crippen molar-refractivity contribution in [2.45, 2.75) is 25.0 Å². The molecule has 4 rings (SSSR count). The topological polar surface area (TPSA) is 65.1 Å². The molecule has 28 heavy (non-hydrogen) atoms. The van der Waals surface area contributed by atoms with Crippen LogP contribution >= 0.6 is 23.1 Å². The van der Waals surface area contributed by atoms with Gasteiger partial charge in [-0.15, -0.1) is 17.9 Å². The van der Waals surface area contributed by atoms with Gasteiger partial charge in [-0.3, -0.25) is 14.2 Å². The summed E-state index contributed by atoms with van der Waals surface area (Å²) in [5.74, 6) is 0.318. The fourth-order valence-corrected chi connectivity index (χ4v) is 4.83. The molecule has 0 radical (unpaired) electrons. The van der Waals surface area contributed by atoms with Crippen LogP contribution in [0.1, 0.15) is 22.4 Å². The standard InChI is InChI=1S/C21H18N2O3S2/c1-3-9-23-20(25)15-11-14(4-2)28-19(15)22-21(23)27-12-16(24)18-10-13-7-5-6-8-17(13)26-18/h3,5-8,10-11H,1,4,9,12H2,2H3. The van der Waals surface area contributed by atoms with Crippen LogP contribution in [0.3, 0.4) is 0 Å². The second kappa shape index (κ2) is 7.77. The highest BCUT2D eigenvalue weighted by Crippen LogP contribution is 2.26. The normalized spacial score (nSPS) is 11.3. The van der Waals surface area contributed by atoms with Gasteiger partial charge in [-0.1, -0.05) is 43.0 Å². The summed E-state index contributed by atoms with van der Waals surface area (Å²) in [6.07, 6.45) is 2.52. The lowest BCUT2D eigenvalue weighted by atomic mass is 10.2. The van der Waals surface area contributed by atoms with Crippen LogP contribution in [0, 0.1) is 0 Å². The third kappa shape index (κ3) is 3.43. The quantitative estimate of drug-likeness (QED) is 0.187. The molecule has 0 atom stereocenters. The summed E-state index contributed by atoms with van der Waals surface area (Å²) in [5, 5.41) is 2.03. The predicted molar refractivity (Wildman–Crippen MR) is 115 cm³/mol. The Kier molecular flexibility index (Phi) is 5.19. The van der Waals surface area contributed by atoms with E-state index in [1.54, 1.807) is 16.7 Å². The lowest BCUT2D eigenvalue weighted by molar-refractivity contribution is 0.0994. The van der Waals surface area contributed by atoms with E-state index in [2.05, 4.69) is 18.5 Å². The molecule has 0 aliphatic heterocycles. The third-order valence-corrected chi connectivity index (χ3v) is 6.51. The van der Waals surface area contributed by atoms with Crippen LogP contribution in [-0.4, -0.2) is 21.1 Å². The summed E-state index contributed by atoms with van der Waals surface area (Å²) in [6, 6.07) is 11.2. The van der Waals surface area contributed by atoms with E-state index >= 15 is 0 Å². The smallest absolute Gasteiger partial charge is 0.263 e. The van der Waals surface area contributed by atoms with E-state index < -0.39 is 0 Å². The van der Waals surface area contributed by atoms with Crippen LogP contribution in [0.25, 0.3) is 21.2 Å². The SMILES string of the molecule is C=CCn1c(SCC(=O)c2cc3ccccc3o2)nc2sc(CC)cc2c1=O. The van der Waals surface area contributed by atoms with Gasteiger partial charge in [0.15, 0.2) is 10.9 Å². The fraction of sp³-hybridized carbons (Fsp3) is 0.190. The number of aryl methyl sites for hydroxylation is 1. The van der Waals surface area contributed by atoms with Crippen molar-refractivity contribution in [3.05, 3.63) is 70.0 Å². The molecule has 0 amide bonds. The van der Waals surface area contributed by atoms with Gasteiger partial charge in [0.25, 0.3) is 5.56 Å². The van der Waals surface area contributed by atoms with Crippen LogP contribution < -0.4 is 5.56 Å². The van der Waals surface area contributed by atoms with Gasteiger partial charge in [0.05, 0.1) is 11.1 Å². The van der Waals surface area contributed by atoms with Crippen LogP contribution in [0.2, 0.25) is 0 Å². The minimum absolute atomic E-state index is 0.0977. The molecular formula is C21H18N2O3S2. The minimum atomic E-state index is -0.138. The summed E-state index contributed by atoms with van der Waals surface area (Å²) in [7, 11) is 0. The first-order valence-corrected chi connectivity index (χ1v) is 10.7. The number of hydrogen-bond acceptors (Lipinski definition) is 6. The number of nitrogens with zero attached hydrogens (tertiary/aromatic N) is 2. The Bertz CT molecular complexity index is 1220. The molecule has 0 spiro atoms. The monoisotopic (exact) mass is 410 g/mol. The Morgan fingerprint density at radius 3 is 2.93 bits per heavy atom. The Morgan fingerprint density at radius 2 is 2.18 bits per heavy atom. The van der Waals surface area contributed by atoms with Gasteiger partial charge >= 0.3 is 0 Å². The molecule has 1 aromatic carbocycles. The number of para-hydroxylation sites is 1. The molecule has 0 fully saturated rings. The number of benzene rings is 1. The van der Waals surface area contributed by atoms with Crippen LogP contribution in [0.4, 0.5) is 0 Å². The molecule has 0 N–H and O–H groups in total.